The van der Waals surface area contributed by atoms with Crippen LogP contribution in [0.3, 0.4) is 0 Å². The maximum atomic E-state index is 12.1. The summed E-state index contributed by atoms with van der Waals surface area (Å²) in [7, 11) is 0. The Balaban J connectivity index is 2.01. The van der Waals surface area contributed by atoms with Crippen molar-refractivity contribution in [3.8, 4) is 0 Å². The molecule has 0 radical (unpaired) electrons. The van der Waals surface area contributed by atoms with Crippen LogP contribution in [-0.2, 0) is 14.4 Å². The van der Waals surface area contributed by atoms with Gasteiger partial charge in [-0.1, -0.05) is 31.0 Å². The highest BCUT2D eigenvalue weighted by atomic mass is 32.2. The van der Waals surface area contributed by atoms with Gasteiger partial charge < -0.3 is 10.0 Å². The lowest BCUT2D eigenvalue weighted by atomic mass is 9.71. The van der Waals surface area contributed by atoms with Crippen LogP contribution in [0.1, 0.15) is 51.9 Å². The van der Waals surface area contributed by atoms with Crippen LogP contribution in [-0.4, -0.2) is 45.3 Å². The van der Waals surface area contributed by atoms with Gasteiger partial charge in [0.05, 0.1) is 6.42 Å². The maximum Gasteiger partial charge on any atom is 0.303 e. The molecule has 118 valence electrons. The predicted molar refractivity (Wildman–Crippen MR) is 81.0 cm³/mol. The standard InChI is InChI=1S/C15H23NO4S/c1-11(17)21-12-7-13(18)16(9-12)10-15(8-14(19)20)5-3-2-4-6-15/h12H,2-10H2,1H3,(H,19,20). The molecule has 1 aliphatic carbocycles. The summed E-state index contributed by atoms with van der Waals surface area (Å²) >= 11 is 1.23. The number of aliphatic carboxylic acids is 1. The number of thioether (sulfide) groups is 1. The first-order valence-corrected chi connectivity index (χ1v) is 8.45. The second-order valence-corrected chi connectivity index (χ2v) is 7.82. The van der Waals surface area contributed by atoms with Crippen LogP contribution in [0.5, 0.6) is 0 Å². The number of nitrogens with zero attached hydrogens (tertiary/aromatic N) is 1. The number of rotatable bonds is 5. The molecule has 2 fully saturated rings. The van der Waals surface area contributed by atoms with Crippen molar-refractivity contribution in [2.24, 2.45) is 5.41 Å². The van der Waals surface area contributed by atoms with Crippen molar-refractivity contribution >= 4 is 28.8 Å². The normalized spacial score (nSPS) is 25.1. The molecule has 2 rings (SSSR count). The Morgan fingerprint density at radius 2 is 2.00 bits per heavy atom. The molecule has 5 nitrogen and oxygen atoms in total. The third-order valence-corrected chi connectivity index (χ3v) is 5.46. The Bertz CT molecular complexity index is 431. The number of hydrogen-bond acceptors (Lipinski definition) is 4. The molecule has 0 aromatic carbocycles. The van der Waals surface area contributed by atoms with Crippen LogP contribution < -0.4 is 0 Å². The van der Waals surface area contributed by atoms with Gasteiger partial charge in [-0.05, 0) is 18.3 Å². The van der Waals surface area contributed by atoms with E-state index in [1.165, 1.54) is 18.7 Å². The highest BCUT2D eigenvalue weighted by molar-refractivity contribution is 8.14. The molecule has 1 saturated heterocycles. The fraction of sp³-hybridized carbons (Fsp3) is 0.800. The van der Waals surface area contributed by atoms with E-state index in [0.717, 1.165) is 32.1 Å². The van der Waals surface area contributed by atoms with Gasteiger partial charge in [-0.3, -0.25) is 14.4 Å². The largest absolute Gasteiger partial charge is 0.481 e. The molecule has 0 aromatic heterocycles. The van der Waals surface area contributed by atoms with E-state index in [-0.39, 0.29) is 28.1 Å². The summed E-state index contributed by atoms with van der Waals surface area (Å²) in [6.07, 6.45) is 5.54. The first kappa shape index (κ1) is 16.3. The van der Waals surface area contributed by atoms with E-state index in [0.29, 0.717) is 19.5 Å². The summed E-state index contributed by atoms with van der Waals surface area (Å²) in [5.41, 5.74) is -0.268. The molecule has 1 amide bonds. The van der Waals surface area contributed by atoms with E-state index in [9.17, 15) is 19.5 Å². The predicted octanol–water partition coefficient (Wildman–Crippen LogP) is 2.29. The zero-order valence-corrected chi connectivity index (χ0v) is 13.3. The molecular weight excluding hydrogens is 290 g/mol. The second-order valence-electron chi connectivity index (χ2n) is 6.34. The Labute approximate surface area is 129 Å². The van der Waals surface area contributed by atoms with E-state index in [1.807, 2.05) is 0 Å². The number of carbonyl (C=O) groups excluding carboxylic acids is 2. The summed E-state index contributed by atoms with van der Waals surface area (Å²) in [4.78, 5) is 36.3. The minimum absolute atomic E-state index is 0.0282. The number of carboxylic acid groups (broad SMARTS) is 1. The molecule has 1 atom stereocenters. The summed E-state index contributed by atoms with van der Waals surface area (Å²) in [6, 6.07) is 0. The highest BCUT2D eigenvalue weighted by Gasteiger charge is 2.40. The third kappa shape index (κ3) is 4.46. The van der Waals surface area contributed by atoms with Gasteiger partial charge in [0.15, 0.2) is 5.12 Å². The van der Waals surface area contributed by atoms with E-state index >= 15 is 0 Å². The molecule has 0 spiro atoms. The Morgan fingerprint density at radius 3 is 2.57 bits per heavy atom. The van der Waals surface area contributed by atoms with Crippen molar-refractivity contribution in [3.05, 3.63) is 0 Å². The number of carbonyl (C=O) groups is 3. The highest BCUT2D eigenvalue weighted by Crippen LogP contribution is 2.41. The Morgan fingerprint density at radius 1 is 1.33 bits per heavy atom. The molecule has 1 heterocycles. The first-order chi connectivity index (χ1) is 9.90. The number of hydrogen-bond donors (Lipinski definition) is 1. The van der Waals surface area contributed by atoms with Gasteiger partial charge in [0.2, 0.25) is 5.91 Å². The molecular formula is C15H23NO4S. The zero-order valence-electron chi connectivity index (χ0n) is 12.5. The van der Waals surface area contributed by atoms with Gasteiger partial charge in [0.25, 0.3) is 0 Å². The van der Waals surface area contributed by atoms with Gasteiger partial charge in [-0.15, -0.1) is 0 Å². The Hall–Kier alpha value is -1.04. The number of amides is 1. The van der Waals surface area contributed by atoms with Crippen molar-refractivity contribution in [1.82, 2.24) is 4.90 Å². The molecule has 1 N–H and O–H groups in total. The van der Waals surface area contributed by atoms with Gasteiger partial charge in [-0.2, -0.15) is 0 Å². The Kier molecular flexibility index (Phi) is 5.30. The van der Waals surface area contributed by atoms with Gasteiger partial charge in [0, 0.05) is 31.7 Å². The lowest BCUT2D eigenvalue weighted by Crippen LogP contribution is -2.41. The van der Waals surface area contributed by atoms with Crippen LogP contribution in [0.15, 0.2) is 0 Å². The molecule has 1 saturated carbocycles. The molecule has 2 aliphatic rings. The molecule has 1 aliphatic heterocycles. The quantitative estimate of drug-likeness (QED) is 0.843. The summed E-state index contributed by atoms with van der Waals surface area (Å²) in [5, 5.41) is 9.25. The summed E-state index contributed by atoms with van der Waals surface area (Å²) in [5.74, 6) is -0.720. The topological polar surface area (TPSA) is 74.7 Å². The van der Waals surface area contributed by atoms with Crippen molar-refractivity contribution in [3.63, 3.8) is 0 Å². The number of likely N-dealkylation sites (tertiary alicyclic amines) is 1. The van der Waals surface area contributed by atoms with E-state index in [4.69, 9.17) is 0 Å². The maximum absolute atomic E-state index is 12.1. The minimum Gasteiger partial charge on any atom is -0.481 e. The third-order valence-electron chi connectivity index (χ3n) is 4.48. The SMILES string of the molecule is CC(=O)SC1CC(=O)N(CC2(CC(=O)O)CCCCC2)C1. The van der Waals surface area contributed by atoms with Crippen molar-refractivity contribution < 1.29 is 19.5 Å². The average Bonchev–Trinajstić information content (AvgIpc) is 2.68. The van der Waals surface area contributed by atoms with Crippen molar-refractivity contribution in [1.29, 1.82) is 0 Å². The lowest BCUT2D eigenvalue weighted by molar-refractivity contribution is -0.142. The fourth-order valence-corrected chi connectivity index (χ4v) is 4.57. The van der Waals surface area contributed by atoms with Crippen molar-refractivity contribution in [2.75, 3.05) is 13.1 Å². The zero-order chi connectivity index (χ0) is 15.5. The molecule has 21 heavy (non-hydrogen) atoms. The summed E-state index contributed by atoms with van der Waals surface area (Å²) < 4.78 is 0. The smallest absolute Gasteiger partial charge is 0.303 e. The van der Waals surface area contributed by atoms with Crippen LogP contribution >= 0.6 is 11.8 Å². The van der Waals surface area contributed by atoms with Gasteiger partial charge in [-0.25, -0.2) is 0 Å². The summed E-state index contributed by atoms with van der Waals surface area (Å²) in [6.45, 7) is 2.63. The van der Waals surface area contributed by atoms with Crippen molar-refractivity contribution in [2.45, 2.75) is 57.1 Å². The molecule has 6 heteroatoms. The minimum atomic E-state index is -0.779. The van der Waals surface area contributed by atoms with Crippen LogP contribution in [0, 0.1) is 5.41 Å². The van der Waals surface area contributed by atoms with Crippen LogP contribution in [0.25, 0.3) is 0 Å². The molecule has 0 bridgehead atoms. The van der Waals surface area contributed by atoms with E-state index in [1.54, 1.807) is 4.90 Å². The van der Waals surface area contributed by atoms with Crippen LogP contribution in [0.2, 0.25) is 0 Å². The second kappa shape index (κ2) is 6.81. The van der Waals surface area contributed by atoms with E-state index in [2.05, 4.69) is 0 Å². The first-order valence-electron chi connectivity index (χ1n) is 7.57. The number of carboxylic acids is 1. The molecule has 1 unspecified atom stereocenters. The van der Waals surface area contributed by atoms with Crippen LogP contribution in [0.4, 0.5) is 0 Å². The average molecular weight is 313 g/mol. The van der Waals surface area contributed by atoms with Gasteiger partial charge >= 0.3 is 5.97 Å². The lowest BCUT2D eigenvalue weighted by Gasteiger charge is -2.39. The molecule has 0 aromatic rings. The monoisotopic (exact) mass is 313 g/mol. The van der Waals surface area contributed by atoms with E-state index < -0.39 is 5.97 Å². The fourth-order valence-electron chi connectivity index (χ4n) is 3.62. The van der Waals surface area contributed by atoms with Gasteiger partial charge in [0.1, 0.15) is 0 Å².